The summed E-state index contributed by atoms with van der Waals surface area (Å²) < 4.78 is 4.19. The number of rotatable bonds is 4. The van der Waals surface area contributed by atoms with E-state index in [-0.39, 0.29) is 5.91 Å². The molecule has 3 aromatic heterocycles. The molecule has 1 amide bonds. The number of carbonyl (C=O) groups is 1. The lowest BCUT2D eigenvalue weighted by atomic mass is 10.2. The number of aromatic amines is 1. The molecule has 9 heteroatoms. The first-order valence-electron chi connectivity index (χ1n) is 7.39. The van der Waals surface area contributed by atoms with E-state index in [4.69, 9.17) is 12.2 Å². The standard InChI is InChI=1S/C14H15N7OS/c1-8-11(12-15-5-2-6-20(12)19-8)13(22)16-7-10-17-18-14(23)21(10)9-3-4-9/h2,5-6,9H,3-4,7H2,1H3,(H,16,22)(H,18,23). The summed E-state index contributed by atoms with van der Waals surface area (Å²) in [5.74, 6) is 0.528. The second-order valence-electron chi connectivity index (χ2n) is 5.58. The molecule has 8 nitrogen and oxygen atoms in total. The van der Waals surface area contributed by atoms with E-state index in [0.717, 1.165) is 18.7 Å². The number of hydrogen-bond donors (Lipinski definition) is 2. The molecule has 1 aliphatic carbocycles. The molecule has 3 heterocycles. The zero-order valence-electron chi connectivity index (χ0n) is 12.5. The molecule has 23 heavy (non-hydrogen) atoms. The van der Waals surface area contributed by atoms with Gasteiger partial charge in [-0.3, -0.25) is 14.5 Å². The van der Waals surface area contributed by atoms with Gasteiger partial charge in [0.15, 0.2) is 16.2 Å². The number of H-pyrrole nitrogens is 1. The topological polar surface area (TPSA) is 92.9 Å². The summed E-state index contributed by atoms with van der Waals surface area (Å²) in [5.41, 5.74) is 1.67. The average molecular weight is 329 g/mol. The van der Waals surface area contributed by atoms with Crippen LogP contribution in [-0.2, 0) is 6.54 Å². The summed E-state index contributed by atoms with van der Waals surface area (Å²) in [5, 5.41) is 14.2. The smallest absolute Gasteiger partial charge is 0.257 e. The summed E-state index contributed by atoms with van der Waals surface area (Å²) in [4.78, 5) is 16.8. The Kier molecular flexibility index (Phi) is 3.22. The molecule has 0 radical (unpaired) electrons. The van der Waals surface area contributed by atoms with Crippen LogP contribution in [0.3, 0.4) is 0 Å². The van der Waals surface area contributed by atoms with E-state index in [1.165, 1.54) is 0 Å². The Morgan fingerprint density at radius 3 is 3.13 bits per heavy atom. The molecule has 0 unspecified atom stereocenters. The van der Waals surface area contributed by atoms with Crippen LogP contribution < -0.4 is 5.32 Å². The lowest BCUT2D eigenvalue weighted by Gasteiger charge is -2.06. The van der Waals surface area contributed by atoms with Crippen LogP contribution in [0.15, 0.2) is 18.5 Å². The quantitative estimate of drug-likeness (QED) is 0.709. The van der Waals surface area contributed by atoms with E-state index in [1.54, 1.807) is 29.9 Å². The molecular formula is C14H15N7OS. The number of amides is 1. The Balaban J connectivity index is 1.58. The van der Waals surface area contributed by atoms with E-state index in [1.807, 2.05) is 4.57 Å². The molecular weight excluding hydrogens is 314 g/mol. The molecule has 0 aliphatic heterocycles. The minimum Gasteiger partial charge on any atom is -0.345 e. The first-order chi connectivity index (χ1) is 11.1. The second kappa shape index (κ2) is 5.27. The number of carbonyl (C=O) groups excluding carboxylic acids is 1. The summed E-state index contributed by atoms with van der Waals surface area (Å²) in [6.45, 7) is 2.11. The van der Waals surface area contributed by atoms with Crippen molar-refractivity contribution >= 4 is 23.8 Å². The highest BCUT2D eigenvalue weighted by Crippen LogP contribution is 2.35. The molecule has 0 bridgehead atoms. The maximum atomic E-state index is 12.5. The Morgan fingerprint density at radius 2 is 2.35 bits per heavy atom. The highest BCUT2D eigenvalue weighted by Gasteiger charge is 2.27. The molecule has 0 saturated heterocycles. The maximum Gasteiger partial charge on any atom is 0.257 e. The molecule has 0 spiro atoms. The molecule has 0 atom stereocenters. The molecule has 4 rings (SSSR count). The number of hydrogen-bond acceptors (Lipinski definition) is 5. The van der Waals surface area contributed by atoms with Gasteiger partial charge in [0.1, 0.15) is 5.56 Å². The van der Waals surface area contributed by atoms with Crippen molar-refractivity contribution in [2.45, 2.75) is 32.4 Å². The molecule has 118 valence electrons. The van der Waals surface area contributed by atoms with Crippen LogP contribution in [0, 0.1) is 11.7 Å². The first kappa shape index (κ1) is 14.1. The summed E-state index contributed by atoms with van der Waals surface area (Å²) >= 11 is 5.24. The van der Waals surface area contributed by atoms with Gasteiger partial charge in [-0.25, -0.2) is 9.50 Å². The Labute approximate surface area is 136 Å². The number of aryl methyl sites for hydroxylation is 1. The van der Waals surface area contributed by atoms with E-state index >= 15 is 0 Å². The van der Waals surface area contributed by atoms with Gasteiger partial charge in [-0.05, 0) is 38.0 Å². The largest absolute Gasteiger partial charge is 0.345 e. The van der Waals surface area contributed by atoms with Gasteiger partial charge in [-0.15, -0.1) is 0 Å². The van der Waals surface area contributed by atoms with Crippen LogP contribution in [0.25, 0.3) is 5.65 Å². The van der Waals surface area contributed by atoms with Crippen molar-refractivity contribution in [3.8, 4) is 0 Å². The van der Waals surface area contributed by atoms with Gasteiger partial charge in [-0.1, -0.05) is 0 Å². The lowest BCUT2D eigenvalue weighted by molar-refractivity contribution is 0.0950. The predicted molar refractivity (Wildman–Crippen MR) is 84.6 cm³/mol. The lowest BCUT2D eigenvalue weighted by Crippen LogP contribution is -2.25. The zero-order valence-corrected chi connectivity index (χ0v) is 13.3. The normalized spacial score (nSPS) is 14.3. The molecule has 3 aromatic rings. The monoisotopic (exact) mass is 329 g/mol. The third-order valence-corrected chi connectivity index (χ3v) is 4.18. The van der Waals surface area contributed by atoms with Crippen molar-refractivity contribution < 1.29 is 4.79 Å². The Bertz CT molecular complexity index is 950. The average Bonchev–Trinajstić information content (AvgIpc) is 3.21. The third kappa shape index (κ3) is 2.42. The maximum absolute atomic E-state index is 12.5. The van der Waals surface area contributed by atoms with Crippen LogP contribution in [0.5, 0.6) is 0 Å². The van der Waals surface area contributed by atoms with Crippen LogP contribution in [0.1, 0.15) is 40.8 Å². The molecule has 1 saturated carbocycles. The van der Waals surface area contributed by atoms with Crippen molar-refractivity contribution in [2.24, 2.45) is 0 Å². The van der Waals surface area contributed by atoms with E-state index in [0.29, 0.717) is 34.3 Å². The van der Waals surface area contributed by atoms with Gasteiger partial charge in [0.25, 0.3) is 5.91 Å². The van der Waals surface area contributed by atoms with Crippen LogP contribution >= 0.6 is 12.2 Å². The number of nitrogens with zero attached hydrogens (tertiary/aromatic N) is 5. The van der Waals surface area contributed by atoms with Crippen LogP contribution in [0.4, 0.5) is 0 Å². The second-order valence-corrected chi connectivity index (χ2v) is 5.96. The van der Waals surface area contributed by atoms with Gasteiger partial charge >= 0.3 is 0 Å². The number of aromatic nitrogens is 6. The molecule has 1 aliphatic rings. The van der Waals surface area contributed by atoms with Crippen molar-refractivity contribution in [2.75, 3.05) is 0 Å². The van der Waals surface area contributed by atoms with Gasteiger partial charge < -0.3 is 5.32 Å². The van der Waals surface area contributed by atoms with Gasteiger partial charge in [0.05, 0.1) is 12.2 Å². The minimum absolute atomic E-state index is 0.215. The molecule has 1 fully saturated rings. The first-order valence-corrected chi connectivity index (χ1v) is 7.80. The van der Waals surface area contributed by atoms with Crippen molar-refractivity contribution in [1.82, 2.24) is 34.7 Å². The van der Waals surface area contributed by atoms with Crippen molar-refractivity contribution in [1.29, 1.82) is 0 Å². The van der Waals surface area contributed by atoms with E-state index in [9.17, 15) is 4.79 Å². The molecule has 2 N–H and O–H groups in total. The molecule has 0 aromatic carbocycles. The summed E-state index contributed by atoms with van der Waals surface area (Å²) in [7, 11) is 0. The summed E-state index contributed by atoms with van der Waals surface area (Å²) in [6.07, 6.45) is 5.62. The number of nitrogens with one attached hydrogen (secondary N) is 2. The van der Waals surface area contributed by atoms with Crippen molar-refractivity contribution in [3.63, 3.8) is 0 Å². The Morgan fingerprint density at radius 1 is 1.52 bits per heavy atom. The fourth-order valence-electron chi connectivity index (χ4n) is 2.68. The predicted octanol–water partition coefficient (Wildman–Crippen LogP) is 1.56. The fraction of sp³-hybridized carbons (Fsp3) is 0.357. The van der Waals surface area contributed by atoms with Gasteiger partial charge in [0.2, 0.25) is 0 Å². The van der Waals surface area contributed by atoms with Gasteiger partial charge in [-0.2, -0.15) is 10.2 Å². The minimum atomic E-state index is -0.215. The van der Waals surface area contributed by atoms with Crippen LogP contribution in [-0.4, -0.2) is 35.3 Å². The summed E-state index contributed by atoms with van der Waals surface area (Å²) in [6, 6.07) is 2.18. The van der Waals surface area contributed by atoms with E-state index in [2.05, 4.69) is 25.6 Å². The fourth-order valence-corrected chi connectivity index (χ4v) is 2.98. The SMILES string of the molecule is Cc1nn2cccnc2c1C(=O)NCc1n[nH]c(=S)n1C1CC1. The van der Waals surface area contributed by atoms with Crippen molar-refractivity contribution in [3.05, 3.63) is 40.3 Å². The van der Waals surface area contributed by atoms with Gasteiger partial charge in [0, 0.05) is 18.4 Å². The number of fused-ring (bicyclic) bond motifs is 1. The highest BCUT2D eigenvalue weighted by molar-refractivity contribution is 7.71. The zero-order chi connectivity index (χ0) is 16.0. The Hall–Kier alpha value is -2.55. The van der Waals surface area contributed by atoms with Crippen LogP contribution in [0.2, 0.25) is 0 Å². The van der Waals surface area contributed by atoms with E-state index < -0.39 is 0 Å². The highest BCUT2D eigenvalue weighted by atomic mass is 32.1. The third-order valence-electron chi connectivity index (χ3n) is 3.89.